The maximum Gasteiger partial charge on any atom is 0.177 e. The first kappa shape index (κ1) is 7.86. The van der Waals surface area contributed by atoms with E-state index in [9.17, 15) is 0 Å². The molecule has 0 saturated carbocycles. The number of nitrogens with zero attached hydrogens (tertiary/aromatic N) is 1. The highest BCUT2D eigenvalue weighted by Crippen LogP contribution is 2.23. The van der Waals surface area contributed by atoms with E-state index in [-0.39, 0.29) is 0 Å². The van der Waals surface area contributed by atoms with Crippen molar-refractivity contribution in [2.45, 2.75) is 0 Å². The maximum absolute atomic E-state index is 5.12. The van der Waals surface area contributed by atoms with Crippen molar-refractivity contribution in [1.29, 1.82) is 0 Å². The van der Waals surface area contributed by atoms with Crippen LogP contribution in [0.4, 0.5) is 5.82 Å². The van der Waals surface area contributed by atoms with Crippen molar-refractivity contribution in [3.63, 3.8) is 0 Å². The molecule has 0 unspecified atom stereocenters. The zero-order valence-corrected chi connectivity index (χ0v) is 7.37. The van der Waals surface area contributed by atoms with Gasteiger partial charge < -0.3 is 9.84 Å². The van der Waals surface area contributed by atoms with Crippen molar-refractivity contribution in [3.05, 3.63) is 30.3 Å². The quantitative estimate of drug-likeness (QED) is 0.760. The van der Waals surface area contributed by atoms with E-state index in [0.717, 1.165) is 22.4 Å². The monoisotopic (exact) mass is 174 g/mol. The molecule has 1 aromatic carbocycles. The molecule has 13 heavy (non-hydrogen) atoms. The number of rotatable bonds is 2. The molecule has 0 spiro atoms. The van der Waals surface area contributed by atoms with Gasteiger partial charge in [-0.05, 0) is 17.7 Å². The molecule has 3 heteroatoms. The average molecular weight is 174 g/mol. The number of anilines is 1. The summed E-state index contributed by atoms with van der Waals surface area (Å²) in [7, 11) is 1.82. The van der Waals surface area contributed by atoms with Crippen LogP contribution in [0.2, 0.25) is 0 Å². The van der Waals surface area contributed by atoms with Gasteiger partial charge in [0.25, 0.3) is 0 Å². The second-order valence-corrected chi connectivity index (χ2v) is 2.74. The smallest absolute Gasteiger partial charge is 0.177 e. The van der Waals surface area contributed by atoms with E-state index < -0.39 is 0 Å². The molecular formula is C10H10N2O. The zero-order valence-electron chi connectivity index (χ0n) is 7.37. The van der Waals surface area contributed by atoms with Gasteiger partial charge in [0.2, 0.25) is 0 Å². The first-order valence-electron chi connectivity index (χ1n) is 4.05. The lowest BCUT2D eigenvalue weighted by Crippen LogP contribution is -1.86. The number of benzene rings is 1. The van der Waals surface area contributed by atoms with Crippen LogP contribution in [0.3, 0.4) is 0 Å². The predicted octanol–water partition coefficient (Wildman–Crippen LogP) is 2.51. The molecule has 1 aromatic heterocycles. The fourth-order valence-corrected chi connectivity index (χ4v) is 1.26. The number of hydrogen-bond acceptors (Lipinski definition) is 3. The minimum atomic E-state index is 0.769. The van der Waals surface area contributed by atoms with Crippen molar-refractivity contribution in [1.82, 2.24) is 5.16 Å². The molecule has 0 radical (unpaired) electrons. The van der Waals surface area contributed by atoms with Crippen molar-refractivity contribution in [2.24, 2.45) is 0 Å². The molecule has 1 heterocycles. The van der Waals surface area contributed by atoms with Crippen molar-refractivity contribution in [2.75, 3.05) is 12.4 Å². The average Bonchev–Trinajstić information content (AvgIpc) is 2.59. The largest absolute Gasteiger partial charge is 0.370 e. The highest BCUT2D eigenvalue weighted by atomic mass is 16.5. The third-order valence-corrected chi connectivity index (χ3v) is 1.97. The summed E-state index contributed by atoms with van der Waals surface area (Å²) in [6.45, 7) is 3.69. The van der Waals surface area contributed by atoms with Gasteiger partial charge in [-0.25, -0.2) is 0 Å². The number of nitrogens with one attached hydrogen (secondary N) is 1. The Labute approximate surface area is 76.0 Å². The Morgan fingerprint density at radius 3 is 3.08 bits per heavy atom. The molecule has 0 aliphatic carbocycles. The molecule has 0 fully saturated rings. The second-order valence-electron chi connectivity index (χ2n) is 2.74. The van der Waals surface area contributed by atoms with Crippen LogP contribution in [-0.4, -0.2) is 12.2 Å². The van der Waals surface area contributed by atoms with Gasteiger partial charge in [0.1, 0.15) is 0 Å². The van der Waals surface area contributed by atoms with Crippen molar-refractivity contribution < 1.29 is 4.52 Å². The molecule has 0 aliphatic heterocycles. The van der Waals surface area contributed by atoms with Crippen molar-refractivity contribution >= 4 is 22.9 Å². The molecule has 0 amide bonds. The first-order chi connectivity index (χ1) is 6.35. The van der Waals surface area contributed by atoms with Gasteiger partial charge in [-0.3, -0.25) is 0 Å². The molecule has 66 valence electrons. The number of fused-ring (bicyclic) bond motifs is 1. The van der Waals surface area contributed by atoms with E-state index in [4.69, 9.17) is 4.52 Å². The van der Waals surface area contributed by atoms with Gasteiger partial charge in [0.15, 0.2) is 11.4 Å². The highest BCUT2D eigenvalue weighted by molar-refractivity contribution is 5.89. The Balaban J connectivity index is 2.67. The summed E-state index contributed by atoms with van der Waals surface area (Å²) in [4.78, 5) is 0. The lowest BCUT2D eigenvalue weighted by atomic mass is 10.2. The van der Waals surface area contributed by atoms with Gasteiger partial charge in [-0.2, -0.15) is 0 Å². The summed E-state index contributed by atoms with van der Waals surface area (Å²) < 4.78 is 5.12. The van der Waals surface area contributed by atoms with E-state index in [1.165, 1.54) is 0 Å². The second kappa shape index (κ2) is 2.94. The van der Waals surface area contributed by atoms with Crippen LogP contribution in [0.1, 0.15) is 5.56 Å². The van der Waals surface area contributed by atoms with Crippen LogP contribution in [0.25, 0.3) is 17.0 Å². The number of aromatic nitrogens is 1. The molecule has 0 atom stereocenters. The van der Waals surface area contributed by atoms with Crippen LogP contribution < -0.4 is 5.32 Å². The van der Waals surface area contributed by atoms with Crippen LogP contribution in [0.5, 0.6) is 0 Å². The van der Waals surface area contributed by atoms with Crippen molar-refractivity contribution in [3.8, 4) is 0 Å². The topological polar surface area (TPSA) is 38.1 Å². The Hall–Kier alpha value is -1.77. The third-order valence-electron chi connectivity index (χ3n) is 1.97. The highest BCUT2D eigenvalue weighted by Gasteiger charge is 2.05. The van der Waals surface area contributed by atoms with E-state index in [0.29, 0.717) is 0 Å². The Morgan fingerprint density at radius 2 is 2.38 bits per heavy atom. The van der Waals surface area contributed by atoms with Crippen LogP contribution in [0.15, 0.2) is 29.3 Å². The molecule has 0 saturated heterocycles. The van der Waals surface area contributed by atoms with E-state index in [1.54, 1.807) is 6.08 Å². The lowest BCUT2D eigenvalue weighted by molar-refractivity contribution is 0.460. The predicted molar refractivity (Wildman–Crippen MR) is 53.6 cm³/mol. The lowest BCUT2D eigenvalue weighted by Gasteiger charge is -1.93. The van der Waals surface area contributed by atoms with E-state index in [1.807, 2.05) is 25.2 Å². The fourth-order valence-electron chi connectivity index (χ4n) is 1.26. The summed E-state index contributed by atoms with van der Waals surface area (Å²) >= 11 is 0. The maximum atomic E-state index is 5.12. The first-order valence-corrected chi connectivity index (χ1v) is 4.05. The van der Waals surface area contributed by atoms with Crippen LogP contribution >= 0.6 is 0 Å². The normalized spacial score (nSPS) is 10.2. The fraction of sp³-hybridized carbons (Fsp3) is 0.100. The number of hydrogen-bond donors (Lipinski definition) is 1. The summed E-state index contributed by atoms with van der Waals surface area (Å²) in [5, 5.41) is 7.82. The summed E-state index contributed by atoms with van der Waals surface area (Å²) in [6.07, 6.45) is 1.78. The SMILES string of the molecule is C=Cc1ccc2c(NC)noc2c1. The molecule has 2 aromatic rings. The van der Waals surface area contributed by atoms with Gasteiger partial charge in [0.05, 0.1) is 5.39 Å². The molecular weight excluding hydrogens is 164 g/mol. The van der Waals surface area contributed by atoms with Gasteiger partial charge >= 0.3 is 0 Å². The van der Waals surface area contributed by atoms with Gasteiger partial charge in [0, 0.05) is 7.05 Å². The third kappa shape index (κ3) is 1.18. The van der Waals surface area contributed by atoms with E-state index in [2.05, 4.69) is 17.1 Å². The summed E-state index contributed by atoms with van der Waals surface area (Å²) in [6, 6.07) is 5.86. The van der Waals surface area contributed by atoms with Crippen LogP contribution in [-0.2, 0) is 0 Å². The minimum Gasteiger partial charge on any atom is -0.370 e. The van der Waals surface area contributed by atoms with Crippen LogP contribution in [0, 0.1) is 0 Å². The Morgan fingerprint density at radius 1 is 1.54 bits per heavy atom. The van der Waals surface area contributed by atoms with Gasteiger partial charge in [-0.1, -0.05) is 23.9 Å². The Kier molecular flexibility index (Phi) is 1.77. The molecule has 1 N–H and O–H groups in total. The van der Waals surface area contributed by atoms with Gasteiger partial charge in [-0.15, -0.1) is 0 Å². The summed E-state index contributed by atoms with van der Waals surface area (Å²) in [5.41, 5.74) is 1.81. The standard InChI is InChI=1S/C10H10N2O/c1-3-7-4-5-8-9(6-7)13-12-10(8)11-2/h3-6H,1H2,2H3,(H,11,12). The molecule has 3 nitrogen and oxygen atoms in total. The summed E-state index contributed by atoms with van der Waals surface area (Å²) in [5.74, 6) is 0.769. The van der Waals surface area contributed by atoms with E-state index >= 15 is 0 Å². The molecule has 0 aliphatic rings. The minimum absolute atomic E-state index is 0.769. The molecule has 0 bridgehead atoms. The molecule has 2 rings (SSSR count). The zero-order chi connectivity index (χ0) is 9.26. The Bertz CT molecular complexity index is 445.